The van der Waals surface area contributed by atoms with E-state index in [-0.39, 0.29) is 12.6 Å². The lowest BCUT2D eigenvalue weighted by molar-refractivity contribution is 0.282. The van der Waals surface area contributed by atoms with Crippen molar-refractivity contribution in [3.63, 3.8) is 0 Å². The first-order valence-corrected chi connectivity index (χ1v) is 5.41. The lowest BCUT2D eigenvalue weighted by Gasteiger charge is -2.18. The topological polar surface area (TPSA) is 52.5 Å². The molecule has 84 valence electrons. The second-order valence-corrected chi connectivity index (χ2v) is 3.55. The molecule has 0 saturated carbocycles. The predicted molar refractivity (Wildman–Crippen MR) is 60.8 cm³/mol. The fraction of sp³-hybridized carbons (Fsp3) is 0.500. The van der Waals surface area contributed by atoms with Crippen LogP contribution < -0.4 is 5.32 Å². The van der Waals surface area contributed by atoms with Gasteiger partial charge in [0.25, 0.3) is 0 Å². The Morgan fingerprint density at radius 3 is 2.67 bits per heavy atom. The van der Waals surface area contributed by atoms with Crippen LogP contribution in [0.25, 0.3) is 0 Å². The van der Waals surface area contributed by atoms with E-state index in [2.05, 4.69) is 12.2 Å². The van der Waals surface area contributed by atoms with Gasteiger partial charge in [-0.15, -0.1) is 0 Å². The van der Waals surface area contributed by atoms with Crippen LogP contribution in [-0.4, -0.2) is 23.4 Å². The van der Waals surface area contributed by atoms with E-state index in [1.807, 2.05) is 18.2 Å². The van der Waals surface area contributed by atoms with Gasteiger partial charge >= 0.3 is 0 Å². The smallest absolute Gasteiger partial charge is 0.120 e. The Labute approximate surface area is 90.8 Å². The highest BCUT2D eigenvalue weighted by molar-refractivity contribution is 5.34. The lowest BCUT2D eigenvalue weighted by atomic mass is 10.0. The van der Waals surface area contributed by atoms with Gasteiger partial charge in [0, 0.05) is 18.2 Å². The molecule has 0 amide bonds. The molecule has 0 aromatic heterocycles. The molecule has 3 N–H and O–H groups in total. The number of hydrogen-bond donors (Lipinski definition) is 3. The number of rotatable bonds is 6. The molecule has 0 unspecified atom stereocenters. The first-order chi connectivity index (χ1) is 7.29. The average molecular weight is 209 g/mol. The third kappa shape index (κ3) is 3.53. The minimum Gasteiger partial charge on any atom is -0.508 e. The maximum Gasteiger partial charge on any atom is 0.120 e. The largest absolute Gasteiger partial charge is 0.508 e. The van der Waals surface area contributed by atoms with Crippen molar-refractivity contribution in [1.82, 2.24) is 5.32 Å². The molecule has 0 radical (unpaired) electrons. The summed E-state index contributed by atoms with van der Waals surface area (Å²) in [5.74, 6) is 0.334. The van der Waals surface area contributed by atoms with E-state index in [9.17, 15) is 5.11 Å². The Kier molecular flexibility index (Phi) is 5.15. The number of benzene rings is 1. The van der Waals surface area contributed by atoms with E-state index in [0.29, 0.717) is 5.75 Å². The molecule has 1 rings (SSSR count). The molecule has 0 fully saturated rings. The van der Waals surface area contributed by atoms with Crippen molar-refractivity contribution >= 4 is 0 Å². The molecule has 0 bridgehead atoms. The zero-order chi connectivity index (χ0) is 11.1. The van der Waals surface area contributed by atoms with Gasteiger partial charge in [-0.1, -0.05) is 25.1 Å². The summed E-state index contributed by atoms with van der Waals surface area (Å²) in [5.41, 5.74) is 0.929. The Hall–Kier alpha value is -1.06. The number of para-hydroxylation sites is 1. The first-order valence-electron chi connectivity index (χ1n) is 5.41. The number of hydrogen-bond acceptors (Lipinski definition) is 3. The van der Waals surface area contributed by atoms with Gasteiger partial charge in [-0.3, -0.25) is 0 Å². The number of nitrogens with one attached hydrogen (secondary N) is 1. The van der Waals surface area contributed by atoms with Crippen molar-refractivity contribution in [2.45, 2.75) is 25.8 Å². The van der Waals surface area contributed by atoms with Crippen molar-refractivity contribution in [2.24, 2.45) is 0 Å². The zero-order valence-corrected chi connectivity index (χ0v) is 9.11. The molecule has 0 aliphatic heterocycles. The van der Waals surface area contributed by atoms with E-state index in [4.69, 9.17) is 5.11 Å². The highest BCUT2D eigenvalue weighted by atomic mass is 16.3. The summed E-state index contributed by atoms with van der Waals surface area (Å²) in [6, 6.07) is 7.53. The highest BCUT2D eigenvalue weighted by Crippen LogP contribution is 2.25. The second-order valence-electron chi connectivity index (χ2n) is 3.55. The summed E-state index contributed by atoms with van der Waals surface area (Å²) in [6.45, 7) is 3.04. The molecule has 0 saturated heterocycles. The molecule has 0 heterocycles. The van der Waals surface area contributed by atoms with Crippen LogP contribution in [0.4, 0.5) is 0 Å². The molecule has 3 nitrogen and oxygen atoms in total. The summed E-state index contributed by atoms with van der Waals surface area (Å²) in [7, 11) is 0. The molecule has 0 spiro atoms. The van der Waals surface area contributed by atoms with Gasteiger partial charge in [0.1, 0.15) is 5.75 Å². The number of phenols is 1. The van der Waals surface area contributed by atoms with Gasteiger partial charge in [0.05, 0.1) is 0 Å². The fourth-order valence-corrected chi connectivity index (χ4v) is 1.61. The average Bonchev–Trinajstić information content (AvgIpc) is 2.26. The van der Waals surface area contributed by atoms with Gasteiger partial charge in [0.15, 0.2) is 0 Å². The molecule has 0 aliphatic rings. The van der Waals surface area contributed by atoms with Gasteiger partial charge in [-0.25, -0.2) is 0 Å². The van der Waals surface area contributed by atoms with Crippen molar-refractivity contribution < 1.29 is 10.2 Å². The maximum absolute atomic E-state index is 9.68. The van der Waals surface area contributed by atoms with Gasteiger partial charge < -0.3 is 15.5 Å². The standard InChI is InChI=1S/C12H19NO2/c1-2-11(13-8-5-9-14)10-6-3-4-7-12(10)15/h3-4,6-7,11,13-15H,2,5,8-9H2,1H3/t11-/m1/s1. The molecule has 0 aliphatic carbocycles. The monoisotopic (exact) mass is 209 g/mol. The Bertz CT molecular complexity index is 289. The van der Waals surface area contributed by atoms with E-state index >= 15 is 0 Å². The molecule has 3 heteroatoms. The summed E-state index contributed by atoms with van der Waals surface area (Å²) >= 11 is 0. The SMILES string of the molecule is CC[C@@H](NCCCO)c1ccccc1O. The van der Waals surface area contributed by atoms with E-state index in [1.54, 1.807) is 6.07 Å². The Morgan fingerprint density at radius 1 is 1.33 bits per heavy atom. The third-order valence-corrected chi connectivity index (χ3v) is 2.45. The second kappa shape index (κ2) is 6.43. The molecule has 1 atom stereocenters. The maximum atomic E-state index is 9.68. The van der Waals surface area contributed by atoms with Crippen molar-refractivity contribution in [1.29, 1.82) is 0 Å². The van der Waals surface area contributed by atoms with Crippen LogP contribution in [-0.2, 0) is 0 Å². The fourth-order valence-electron chi connectivity index (χ4n) is 1.61. The Balaban J connectivity index is 2.61. The first kappa shape index (κ1) is 12.0. The number of phenolic OH excluding ortho intramolecular Hbond substituents is 1. The van der Waals surface area contributed by atoms with Crippen molar-refractivity contribution in [3.8, 4) is 5.75 Å². The van der Waals surface area contributed by atoms with Crippen LogP contribution >= 0.6 is 0 Å². The molecule has 1 aromatic rings. The minimum absolute atomic E-state index is 0.165. The molecule has 1 aromatic carbocycles. The van der Waals surface area contributed by atoms with Crippen LogP contribution in [0.2, 0.25) is 0 Å². The van der Waals surface area contributed by atoms with Crippen LogP contribution in [0, 0.1) is 0 Å². The van der Waals surface area contributed by atoms with Gasteiger partial charge in [-0.05, 0) is 25.5 Å². The summed E-state index contributed by atoms with van der Waals surface area (Å²) < 4.78 is 0. The normalized spacial score (nSPS) is 12.7. The quantitative estimate of drug-likeness (QED) is 0.626. The third-order valence-electron chi connectivity index (χ3n) is 2.45. The molecular weight excluding hydrogens is 190 g/mol. The number of aliphatic hydroxyl groups excluding tert-OH is 1. The lowest BCUT2D eigenvalue weighted by Crippen LogP contribution is -2.22. The van der Waals surface area contributed by atoms with Gasteiger partial charge in [0.2, 0.25) is 0 Å². The summed E-state index contributed by atoms with van der Waals surface area (Å²) in [6.07, 6.45) is 1.66. The number of aliphatic hydroxyl groups is 1. The predicted octanol–water partition coefficient (Wildman–Crippen LogP) is 1.82. The Morgan fingerprint density at radius 2 is 2.07 bits per heavy atom. The summed E-state index contributed by atoms with van der Waals surface area (Å²) in [5, 5.41) is 21.7. The van der Waals surface area contributed by atoms with E-state index < -0.39 is 0 Å². The van der Waals surface area contributed by atoms with Crippen LogP contribution in [0.15, 0.2) is 24.3 Å². The van der Waals surface area contributed by atoms with Crippen LogP contribution in [0.3, 0.4) is 0 Å². The van der Waals surface area contributed by atoms with Crippen LogP contribution in [0.1, 0.15) is 31.4 Å². The van der Waals surface area contributed by atoms with Crippen molar-refractivity contribution in [3.05, 3.63) is 29.8 Å². The van der Waals surface area contributed by atoms with Gasteiger partial charge in [-0.2, -0.15) is 0 Å². The number of aromatic hydroxyl groups is 1. The van der Waals surface area contributed by atoms with Crippen LogP contribution in [0.5, 0.6) is 5.75 Å². The highest BCUT2D eigenvalue weighted by Gasteiger charge is 2.11. The van der Waals surface area contributed by atoms with E-state index in [1.165, 1.54) is 0 Å². The summed E-state index contributed by atoms with van der Waals surface area (Å²) in [4.78, 5) is 0. The van der Waals surface area contributed by atoms with Crippen molar-refractivity contribution in [2.75, 3.05) is 13.2 Å². The van der Waals surface area contributed by atoms with E-state index in [0.717, 1.165) is 24.9 Å². The minimum atomic E-state index is 0.165. The molecule has 15 heavy (non-hydrogen) atoms. The zero-order valence-electron chi connectivity index (χ0n) is 9.11. The molecular formula is C12H19NO2.